The first kappa shape index (κ1) is 13.4. The van der Waals surface area contributed by atoms with Gasteiger partial charge in [-0.25, -0.2) is 0 Å². The lowest BCUT2D eigenvalue weighted by atomic mass is 10.2. The Hall–Kier alpha value is -0.570. The molecule has 0 saturated carbocycles. The molecule has 0 bridgehead atoms. The van der Waals surface area contributed by atoms with E-state index >= 15 is 0 Å². The van der Waals surface area contributed by atoms with E-state index in [0.717, 1.165) is 13.0 Å². The molecule has 3 heteroatoms. The van der Waals surface area contributed by atoms with E-state index in [2.05, 4.69) is 17.6 Å². The highest BCUT2D eigenvalue weighted by atomic mass is 16.2. The summed E-state index contributed by atoms with van der Waals surface area (Å²) < 4.78 is 0. The van der Waals surface area contributed by atoms with Crippen LogP contribution < -0.4 is 10.6 Å². The van der Waals surface area contributed by atoms with Gasteiger partial charge in [-0.05, 0) is 33.7 Å². The molecule has 1 atom stereocenters. The predicted octanol–water partition coefficient (Wildman–Crippen LogP) is 1.68. The molecule has 14 heavy (non-hydrogen) atoms. The summed E-state index contributed by atoms with van der Waals surface area (Å²) in [6.07, 6.45) is 3.59. The molecule has 0 aliphatic carbocycles. The fourth-order valence-corrected chi connectivity index (χ4v) is 1.20. The molecule has 1 unspecified atom stereocenters. The standard InChI is InChI=1S/C11H24N2O/c1-5-6-7-8-12-10(4)11(14)13-9(2)3/h9-10,12H,5-8H2,1-4H3,(H,13,14). The Morgan fingerprint density at radius 2 is 1.86 bits per heavy atom. The van der Waals surface area contributed by atoms with Crippen LogP contribution in [0.15, 0.2) is 0 Å². The van der Waals surface area contributed by atoms with Crippen molar-refractivity contribution < 1.29 is 4.79 Å². The molecular weight excluding hydrogens is 176 g/mol. The molecule has 0 aromatic heterocycles. The van der Waals surface area contributed by atoms with Crippen LogP contribution >= 0.6 is 0 Å². The van der Waals surface area contributed by atoms with Crippen molar-refractivity contribution in [2.45, 2.75) is 59.0 Å². The summed E-state index contributed by atoms with van der Waals surface area (Å²) in [7, 11) is 0. The summed E-state index contributed by atoms with van der Waals surface area (Å²) in [5.41, 5.74) is 0. The SMILES string of the molecule is CCCCCNC(C)C(=O)NC(C)C. The van der Waals surface area contributed by atoms with Gasteiger partial charge in [0.1, 0.15) is 0 Å². The Labute approximate surface area is 87.6 Å². The maximum absolute atomic E-state index is 11.4. The van der Waals surface area contributed by atoms with E-state index in [9.17, 15) is 4.79 Å². The van der Waals surface area contributed by atoms with Crippen LogP contribution in [0.2, 0.25) is 0 Å². The maximum atomic E-state index is 11.4. The van der Waals surface area contributed by atoms with Crippen LogP contribution in [0.1, 0.15) is 47.0 Å². The van der Waals surface area contributed by atoms with Crippen LogP contribution in [0.5, 0.6) is 0 Å². The van der Waals surface area contributed by atoms with Crippen LogP contribution in [0, 0.1) is 0 Å². The second kappa shape index (κ2) is 7.80. The molecule has 0 saturated heterocycles. The fraction of sp³-hybridized carbons (Fsp3) is 0.909. The highest BCUT2D eigenvalue weighted by molar-refractivity contribution is 5.81. The first-order chi connectivity index (χ1) is 6.57. The number of amides is 1. The highest BCUT2D eigenvalue weighted by Gasteiger charge is 2.11. The number of carbonyl (C=O) groups excluding carboxylic acids is 1. The van der Waals surface area contributed by atoms with Crippen molar-refractivity contribution in [1.82, 2.24) is 10.6 Å². The zero-order valence-electron chi connectivity index (χ0n) is 9.89. The molecule has 0 aromatic carbocycles. The summed E-state index contributed by atoms with van der Waals surface area (Å²) in [6, 6.07) is 0.150. The van der Waals surface area contributed by atoms with Crippen molar-refractivity contribution in [3.63, 3.8) is 0 Å². The van der Waals surface area contributed by atoms with Gasteiger partial charge in [0.15, 0.2) is 0 Å². The second-order valence-corrected chi connectivity index (χ2v) is 4.05. The normalized spacial score (nSPS) is 12.9. The van der Waals surface area contributed by atoms with Gasteiger partial charge in [-0.15, -0.1) is 0 Å². The van der Waals surface area contributed by atoms with E-state index in [1.165, 1.54) is 12.8 Å². The van der Waals surface area contributed by atoms with Crippen LogP contribution in [0.3, 0.4) is 0 Å². The van der Waals surface area contributed by atoms with Gasteiger partial charge in [0, 0.05) is 6.04 Å². The molecule has 0 aromatic rings. The van der Waals surface area contributed by atoms with E-state index in [-0.39, 0.29) is 18.0 Å². The molecule has 1 amide bonds. The molecule has 0 heterocycles. The van der Waals surface area contributed by atoms with Gasteiger partial charge < -0.3 is 10.6 Å². The van der Waals surface area contributed by atoms with E-state index < -0.39 is 0 Å². The minimum absolute atomic E-state index is 0.0748. The number of hydrogen-bond donors (Lipinski definition) is 2. The molecule has 3 nitrogen and oxygen atoms in total. The molecule has 0 fully saturated rings. The third-order valence-corrected chi connectivity index (χ3v) is 2.06. The van der Waals surface area contributed by atoms with Crippen molar-refractivity contribution in [2.24, 2.45) is 0 Å². The van der Waals surface area contributed by atoms with E-state index in [1.807, 2.05) is 20.8 Å². The quantitative estimate of drug-likeness (QED) is 0.614. The number of carbonyl (C=O) groups is 1. The van der Waals surface area contributed by atoms with Crippen molar-refractivity contribution in [3.8, 4) is 0 Å². The fourth-order valence-electron chi connectivity index (χ4n) is 1.20. The van der Waals surface area contributed by atoms with Gasteiger partial charge in [0.25, 0.3) is 0 Å². The lowest BCUT2D eigenvalue weighted by molar-refractivity contribution is -0.123. The van der Waals surface area contributed by atoms with Crippen molar-refractivity contribution in [2.75, 3.05) is 6.54 Å². The summed E-state index contributed by atoms with van der Waals surface area (Å²) in [5, 5.41) is 6.09. The lowest BCUT2D eigenvalue weighted by Crippen LogP contribution is -2.44. The maximum Gasteiger partial charge on any atom is 0.237 e. The minimum atomic E-state index is -0.0748. The number of rotatable bonds is 7. The first-order valence-corrected chi connectivity index (χ1v) is 5.61. The minimum Gasteiger partial charge on any atom is -0.353 e. The third-order valence-electron chi connectivity index (χ3n) is 2.06. The molecule has 0 radical (unpaired) electrons. The monoisotopic (exact) mass is 200 g/mol. The van der Waals surface area contributed by atoms with E-state index in [4.69, 9.17) is 0 Å². The van der Waals surface area contributed by atoms with Crippen LogP contribution in [0.4, 0.5) is 0 Å². The Bertz CT molecular complexity index is 157. The third kappa shape index (κ3) is 6.89. The number of hydrogen-bond acceptors (Lipinski definition) is 2. The van der Waals surface area contributed by atoms with Crippen LogP contribution in [-0.4, -0.2) is 24.5 Å². The Kier molecular flexibility index (Phi) is 7.48. The van der Waals surface area contributed by atoms with Crippen LogP contribution in [-0.2, 0) is 4.79 Å². The molecule has 0 aliphatic rings. The Balaban J connectivity index is 3.52. The summed E-state index contributed by atoms with van der Waals surface area (Å²) in [4.78, 5) is 11.4. The number of unbranched alkanes of at least 4 members (excludes halogenated alkanes) is 2. The highest BCUT2D eigenvalue weighted by Crippen LogP contribution is 1.92. The predicted molar refractivity (Wildman–Crippen MR) is 60.3 cm³/mol. The van der Waals surface area contributed by atoms with Gasteiger partial charge in [0.05, 0.1) is 6.04 Å². The largest absolute Gasteiger partial charge is 0.353 e. The van der Waals surface area contributed by atoms with Crippen molar-refractivity contribution >= 4 is 5.91 Å². The topological polar surface area (TPSA) is 41.1 Å². The molecule has 2 N–H and O–H groups in total. The summed E-state index contributed by atoms with van der Waals surface area (Å²) in [6.45, 7) is 8.96. The first-order valence-electron chi connectivity index (χ1n) is 5.61. The van der Waals surface area contributed by atoms with E-state index in [0.29, 0.717) is 0 Å². The zero-order chi connectivity index (χ0) is 11.0. The van der Waals surface area contributed by atoms with Crippen LogP contribution in [0.25, 0.3) is 0 Å². The van der Waals surface area contributed by atoms with Gasteiger partial charge in [-0.2, -0.15) is 0 Å². The number of nitrogens with one attached hydrogen (secondary N) is 2. The summed E-state index contributed by atoms with van der Waals surface area (Å²) in [5.74, 6) is 0.0940. The lowest BCUT2D eigenvalue weighted by Gasteiger charge is -2.15. The smallest absolute Gasteiger partial charge is 0.237 e. The zero-order valence-corrected chi connectivity index (χ0v) is 9.89. The second-order valence-electron chi connectivity index (χ2n) is 4.05. The average Bonchev–Trinajstić information content (AvgIpc) is 2.11. The Morgan fingerprint density at radius 3 is 2.36 bits per heavy atom. The van der Waals surface area contributed by atoms with Gasteiger partial charge >= 0.3 is 0 Å². The van der Waals surface area contributed by atoms with E-state index in [1.54, 1.807) is 0 Å². The molecular formula is C11H24N2O. The Morgan fingerprint density at radius 1 is 1.21 bits per heavy atom. The van der Waals surface area contributed by atoms with Gasteiger partial charge in [-0.3, -0.25) is 4.79 Å². The van der Waals surface area contributed by atoms with Crippen molar-refractivity contribution in [3.05, 3.63) is 0 Å². The summed E-state index contributed by atoms with van der Waals surface area (Å²) >= 11 is 0. The molecule has 0 rings (SSSR count). The average molecular weight is 200 g/mol. The molecule has 0 aliphatic heterocycles. The van der Waals surface area contributed by atoms with Crippen molar-refractivity contribution in [1.29, 1.82) is 0 Å². The van der Waals surface area contributed by atoms with Gasteiger partial charge in [-0.1, -0.05) is 19.8 Å². The van der Waals surface area contributed by atoms with Gasteiger partial charge in [0.2, 0.25) is 5.91 Å². The molecule has 84 valence electrons. The molecule has 0 spiro atoms.